The minimum absolute atomic E-state index is 0.0792. The Hall–Kier alpha value is -4.16. The second-order valence-electron chi connectivity index (χ2n) is 14.6. The summed E-state index contributed by atoms with van der Waals surface area (Å²) in [6, 6.07) is 15.1. The van der Waals surface area contributed by atoms with E-state index in [4.69, 9.17) is 33.7 Å². The molecule has 1 saturated carbocycles. The van der Waals surface area contributed by atoms with E-state index in [-0.39, 0.29) is 50.8 Å². The number of fused-ring (bicyclic) bond motifs is 2. The Labute approximate surface area is 332 Å². The third-order valence-corrected chi connectivity index (χ3v) is 11.0. The van der Waals surface area contributed by atoms with Crippen LogP contribution < -0.4 is 9.47 Å². The highest BCUT2D eigenvalue weighted by molar-refractivity contribution is 6.03. The van der Waals surface area contributed by atoms with E-state index >= 15 is 0 Å². The fourth-order valence-corrected chi connectivity index (χ4v) is 8.69. The van der Waals surface area contributed by atoms with Gasteiger partial charge in [-0.15, -0.1) is 6.58 Å². The summed E-state index contributed by atoms with van der Waals surface area (Å²) < 4.78 is 32.1. The molecule has 1 amide bonds. The average Bonchev–Trinajstić information content (AvgIpc) is 3.22. The lowest BCUT2D eigenvalue weighted by Gasteiger charge is -2.59. The van der Waals surface area contributed by atoms with Crippen molar-refractivity contribution in [1.29, 1.82) is 0 Å². The number of unbranched alkanes of at least 4 members (excludes halogenated alkanes) is 2. The summed E-state index contributed by atoms with van der Waals surface area (Å²) in [5.74, 6) is -0.290. The number of amides is 1. The van der Waals surface area contributed by atoms with Crippen LogP contribution in [0.3, 0.4) is 0 Å². The van der Waals surface area contributed by atoms with E-state index in [1.54, 1.807) is 17.1 Å². The molecule has 0 bridgehead atoms. The highest BCUT2D eigenvalue weighted by Gasteiger charge is 2.65. The summed E-state index contributed by atoms with van der Waals surface area (Å²) in [6.07, 6.45) is 11.0. The van der Waals surface area contributed by atoms with Crippen molar-refractivity contribution >= 4 is 11.8 Å². The zero-order valence-electron chi connectivity index (χ0n) is 33.3. The first-order valence-corrected chi connectivity index (χ1v) is 20.4. The molecular weight excluding hydrogens is 712 g/mol. The zero-order chi connectivity index (χ0) is 39.8. The Kier molecular flexibility index (Phi) is 16.8. The molecule has 11 heteroatoms. The van der Waals surface area contributed by atoms with E-state index in [1.807, 2.05) is 56.3 Å². The van der Waals surface area contributed by atoms with Crippen molar-refractivity contribution in [1.82, 2.24) is 4.90 Å². The number of rotatable bonds is 24. The zero-order valence-corrected chi connectivity index (χ0v) is 33.3. The number of oxime groups is 1. The number of carbonyl (C=O) groups excluding carboxylic acids is 1. The molecule has 1 fully saturated rings. The quantitative estimate of drug-likeness (QED) is 0.0620. The van der Waals surface area contributed by atoms with Gasteiger partial charge in [-0.2, -0.15) is 0 Å². The van der Waals surface area contributed by atoms with Crippen molar-refractivity contribution in [2.24, 2.45) is 22.9 Å². The lowest BCUT2D eigenvalue weighted by atomic mass is 9.55. The van der Waals surface area contributed by atoms with Gasteiger partial charge in [0.1, 0.15) is 37.4 Å². The molecule has 3 aliphatic rings. The third kappa shape index (κ3) is 10.2. The van der Waals surface area contributed by atoms with Gasteiger partial charge in [0.05, 0.1) is 31.5 Å². The van der Waals surface area contributed by atoms with Crippen molar-refractivity contribution in [2.75, 3.05) is 52.8 Å². The molecule has 2 aromatic carbocycles. The Morgan fingerprint density at radius 3 is 2.48 bits per heavy atom. The average molecular weight is 775 g/mol. The van der Waals surface area contributed by atoms with Gasteiger partial charge in [-0.1, -0.05) is 80.1 Å². The van der Waals surface area contributed by atoms with E-state index in [0.29, 0.717) is 63.5 Å². The predicted octanol–water partition coefficient (Wildman–Crippen LogP) is 7.97. The molecule has 1 heterocycles. The van der Waals surface area contributed by atoms with E-state index in [2.05, 4.69) is 25.3 Å². The van der Waals surface area contributed by atoms with E-state index in [1.165, 1.54) is 0 Å². The number of allylic oxidation sites excluding steroid dienone is 1. The number of carbonyl (C=O) groups is 1. The maximum Gasteiger partial charge on any atom is 0.410 e. The van der Waals surface area contributed by atoms with Crippen LogP contribution >= 0.6 is 0 Å². The molecule has 0 spiro atoms. The van der Waals surface area contributed by atoms with Gasteiger partial charge in [0.15, 0.2) is 0 Å². The van der Waals surface area contributed by atoms with Gasteiger partial charge in [-0.3, -0.25) is 4.90 Å². The summed E-state index contributed by atoms with van der Waals surface area (Å²) in [6.45, 7) is 14.1. The molecule has 5 rings (SSSR count). The maximum atomic E-state index is 14.3. The highest BCUT2D eigenvalue weighted by atomic mass is 16.7. The van der Waals surface area contributed by atoms with Gasteiger partial charge in [-0.05, 0) is 80.2 Å². The van der Waals surface area contributed by atoms with Crippen molar-refractivity contribution in [3.8, 4) is 11.5 Å². The van der Waals surface area contributed by atoms with Gasteiger partial charge in [0.25, 0.3) is 0 Å². The Bertz CT molecular complexity index is 1610. The van der Waals surface area contributed by atoms with Crippen molar-refractivity contribution in [3.05, 3.63) is 96.6 Å². The summed E-state index contributed by atoms with van der Waals surface area (Å²) in [5, 5.41) is 24.4. The summed E-state index contributed by atoms with van der Waals surface area (Å²) in [4.78, 5) is 21.9. The largest absolute Gasteiger partial charge is 0.490 e. The minimum Gasteiger partial charge on any atom is -0.490 e. The van der Waals surface area contributed by atoms with E-state index in [9.17, 15) is 15.0 Å². The van der Waals surface area contributed by atoms with Crippen LogP contribution in [0.15, 0.2) is 90.6 Å². The number of hydrogen-bond acceptors (Lipinski definition) is 10. The fourth-order valence-electron chi connectivity index (χ4n) is 8.69. The van der Waals surface area contributed by atoms with E-state index < -0.39 is 23.8 Å². The fraction of sp³-hybridized carbons (Fsp3) is 0.556. The molecule has 2 N–H and O–H groups in total. The molecule has 0 aromatic heterocycles. The standard InChI is InChI=1S/C45H62N2O9/c1-5-22-47(44(50)53-28-27-51-32-33-16-10-9-11-17-33)41-31-39(46-55-8-4)37-29-34(18-12-14-23-48)36(19-13-15-24-49)42-38-30-35(52-25-6-2)20-21-40(38)56-45(41,43(37)42)54-26-7-3/h6-7,9-11,16-17,20-21,29-30,34,36,41-43,48-49H,2-3,5,8,12-15,18-19,22-28,31-32H2,1,4H3. The molecule has 11 nitrogen and oxygen atoms in total. The molecule has 2 aromatic rings. The lowest BCUT2D eigenvalue weighted by molar-refractivity contribution is -0.255. The van der Waals surface area contributed by atoms with Crippen molar-refractivity contribution < 1.29 is 43.5 Å². The first kappa shape index (κ1) is 43.0. The Morgan fingerprint density at radius 2 is 1.77 bits per heavy atom. The number of benzene rings is 2. The van der Waals surface area contributed by atoms with Crippen LogP contribution in [0, 0.1) is 17.8 Å². The van der Waals surface area contributed by atoms with Gasteiger partial charge in [0, 0.05) is 37.7 Å². The Balaban J connectivity index is 1.62. The van der Waals surface area contributed by atoms with Crippen LogP contribution in [0.1, 0.15) is 82.3 Å². The van der Waals surface area contributed by atoms with Gasteiger partial charge >= 0.3 is 6.09 Å². The smallest absolute Gasteiger partial charge is 0.410 e. The number of ether oxygens (including phenoxy) is 5. The van der Waals surface area contributed by atoms with Gasteiger partial charge in [-0.25, -0.2) is 4.79 Å². The number of aliphatic hydroxyl groups is 2. The second-order valence-corrected chi connectivity index (χ2v) is 14.6. The van der Waals surface area contributed by atoms with Crippen molar-refractivity contribution in [2.45, 2.75) is 89.6 Å². The lowest BCUT2D eigenvalue weighted by Crippen LogP contribution is -2.70. The topological polar surface area (TPSA) is 129 Å². The first-order chi connectivity index (χ1) is 27.5. The van der Waals surface area contributed by atoms with Gasteiger partial charge < -0.3 is 38.7 Å². The number of nitrogens with zero attached hydrogens (tertiary/aromatic N) is 2. The van der Waals surface area contributed by atoms with Gasteiger partial charge in [0.2, 0.25) is 5.79 Å². The molecule has 56 heavy (non-hydrogen) atoms. The molecule has 6 atom stereocenters. The normalized spacial score (nSPS) is 24.2. The highest BCUT2D eigenvalue weighted by Crippen LogP contribution is 2.62. The summed E-state index contributed by atoms with van der Waals surface area (Å²) >= 11 is 0. The predicted molar refractivity (Wildman–Crippen MR) is 217 cm³/mol. The molecule has 0 saturated heterocycles. The maximum absolute atomic E-state index is 14.3. The van der Waals surface area contributed by atoms with Crippen LogP contribution in [0.25, 0.3) is 0 Å². The van der Waals surface area contributed by atoms with Crippen LogP contribution in [0.2, 0.25) is 0 Å². The van der Waals surface area contributed by atoms with Crippen LogP contribution in [-0.4, -0.2) is 91.5 Å². The molecule has 0 radical (unpaired) electrons. The van der Waals surface area contributed by atoms with Crippen LogP contribution in [-0.2, 0) is 25.7 Å². The molecule has 1 aliphatic heterocycles. The number of hydrogen-bond donors (Lipinski definition) is 2. The monoisotopic (exact) mass is 774 g/mol. The SMILES string of the molecule is C=CCOc1ccc2c(c1)C1C(CCCCO)C(CCCCO)C=C3C(=NOCC)CC(N(CCC)C(=O)OCCOCc4ccccc4)C(OCC=C)(O2)C31. The molecule has 306 valence electrons. The third-order valence-electron chi connectivity index (χ3n) is 11.0. The molecular formula is C45H62N2O9. The Morgan fingerprint density at radius 1 is 1.00 bits per heavy atom. The van der Waals surface area contributed by atoms with E-state index in [0.717, 1.165) is 48.1 Å². The van der Waals surface area contributed by atoms with Crippen LogP contribution in [0.4, 0.5) is 4.79 Å². The molecule has 2 aliphatic carbocycles. The second kappa shape index (κ2) is 22.0. The van der Waals surface area contributed by atoms with Crippen molar-refractivity contribution in [3.63, 3.8) is 0 Å². The first-order valence-electron chi connectivity index (χ1n) is 20.4. The minimum atomic E-state index is -1.35. The summed E-state index contributed by atoms with van der Waals surface area (Å²) in [7, 11) is 0. The molecule has 6 unspecified atom stereocenters. The summed E-state index contributed by atoms with van der Waals surface area (Å²) in [5.41, 5.74) is 3.77. The van der Waals surface area contributed by atoms with Crippen LogP contribution in [0.5, 0.6) is 11.5 Å². The number of aliphatic hydroxyl groups excluding tert-OH is 2.